The molecule has 0 fully saturated rings. The molecule has 8 heteroatoms. The Morgan fingerprint density at radius 3 is 2.44 bits per heavy atom. The van der Waals surface area contributed by atoms with E-state index < -0.39 is 24.9 Å². The number of nitrogens with one attached hydrogen (secondary N) is 1. The maximum atomic E-state index is 12.2. The first-order valence-electron chi connectivity index (χ1n) is 12.8. The van der Waals surface area contributed by atoms with Gasteiger partial charge in [-0.05, 0) is 55.2 Å². The molecule has 198 valence electrons. The predicted octanol–water partition coefficient (Wildman–Crippen LogP) is 5.41. The molecule has 1 aromatic carbocycles. The lowest BCUT2D eigenvalue weighted by Crippen LogP contribution is -2.33. The Balaban J connectivity index is 1.81. The highest BCUT2D eigenvalue weighted by atomic mass is 16.8. The van der Waals surface area contributed by atoms with E-state index in [0.29, 0.717) is 25.8 Å². The van der Waals surface area contributed by atoms with Gasteiger partial charge in [-0.2, -0.15) is 0 Å². The molecule has 2 N–H and O–H groups in total. The lowest BCUT2D eigenvalue weighted by atomic mass is 9.96. The minimum absolute atomic E-state index is 0.00683. The van der Waals surface area contributed by atoms with Gasteiger partial charge in [-0.3, -0.25) is 9.59 Å². The number of aliphatic carboxylic acids is 1. The van der Waals surface area contributed by atoms with Gasteiger partial charge in [0.05, 0.1) is 6.42 Å². The molecular formula is C28H39NO7. The number of carbonyl (C=O) groups is 3. The van der Waals surface area contributed by atoms with Crippen molar-refractivity contribution in [1.29, 1.82) is 0 Å². The number of benzene rings is 1. The van der Waals surface area contributed by atoms with Crippen LogP contribution in [-0.2, 0) is 30.2 Å². The van der Waals surface area contributed by atoms with Crippen molar-refractivity contribution in [2.75, 3.05) is 13.3 Å². The number of carboxylic acids is 1. The maximum absolute atomic E-state index is 12.2. The highest BCUT2D eigenvalue weighted by Crippen LogP contribution is 2.22. The normalized spacial score (nSPS) is 14.4. The Morgan fingerprint density at radius 1 is 1.03 bits per heavy atom. The van der Waals surface area contributed by atoms with Crippen molar-refractivity contribution in [3.8, 4) is 0 Å². The van der Waals surface area contributed by atoms with Crippen LogP contribution in [0.2, 0.25) is 0 Å². The topological polar surface area (TPSA) is 111 Å². The number of esters is 1. The Labute approximate surface area is 213 Å². The molecule has 0 saturated carbocycles. The average molecular weight is 502 g/mol. The lowest BCUT2D eigenvalue weighted by molar-refractivity contribution is -0.154. The Kier molecular flexibility index (Phi) is 13.4. The molecule has 0 aliphatic heterocycles. The third-order valence-corrected chi connectivity index (χ3v) is 5.96. The minimum Gasteiger partial charge on any atom is -0.481 e. The molecule has 0 spiro atoms. The van der Waals surface area contributed by atoms with E-state index in [2.05, 4.69) is 47.8 Å². The van der Waals surface area contributed by atoms with Gasteiger partial charge in [0.1, 0.15) is 6.10 Å². The summed E-state index contributed by atoms with van der Waals surface area (Å²) in [5, 5.41) is 12.2. The lowest BCUT2D eigenvalue weighted by Gasteiger charge is -2.19. The zero-order valence-electron chi connectivity index (χ0n) is 21.4. The minimum atomic E-state index is -0.882. The molecule has 2 rings (SSSR count). The van der Waals surface area contributed by atoms with Crippen molar-refractivity contribution in [3.05, 3.63) is 53.6 Å². The Morgan fingerprint density at radius 2 is 1.81 bits per heavy atom. The van der Waals surface area contributed by atoms with Crippen LogP contribution in [0.5, 0.6) is 0 Å². The fourth-order valence-corrected chi connectivity index (χ4v) is 3.95. The van der Waals surface area contributed by atoms with Crippen molar-refractivity contribution in [1.82, 2.24) is 5.32 Å². The number of hydrogen-bond donors (Lipinski definition) is 2. The first kappa shape index (κ1) is 29.1. The Bertz CT molecular complexity index is 892. The number of ether oxygens (including phenoxy) is 3. The molecule has 2 unspecified atom stereocenters. The van der Waals surface area contributed by atoms with Crippen LogP contribution in [0.4, 0.5) is 4.79 Å². The molecule has 1 aliphatic carbocycles. The molecule has 0 radical (unpaired) electrons. The first-order valence-corrected chi connectivity index (χ1v) is 12.8. The fraction of sp³-hybridized carbons (Fsp3) is 0.536. The monoisotopic (exact) mass is 501 g/mol. The molecule has 2 atom stereocenters. The second-order valence-electron chi connectivity index (χ2n) is 8.84. The molecule has 0 saturated heterocycles. The molecule has 0 amide bonds. The van der Waals surface area contributed by atoms with Crippen LogP contribution in [0.15, 0.2) is 42.5 Å². The molecular weight excluding hydrogens is 462 g/mol. The van der Waals surface area contributed by atoms with Crippen molar-refractivity contribution >= 4 is 23.7 Å². The second kappa shape index (κ2) is 16.5. The van der Waals surface area contributed by atoms with Crippen molar-refractivity contribution < 1.29 is 33.7 Å². The standard InChI is InChI=1S/C28H39NO7/c1-3-8-25(4-2)36-28(33)35-20-34-27(32)16-15-24(29-18-17-26(30)31)19-21-11-13-23(14-12-21)22-9-6-5-7-10-22/h6,9-14,24-25,29H,3-5,7-8,15-20H2,1-2H3,(H,30,31). The van der Waals surface area contributed by atoms with E-state index in [1.165, 1.54) is 5.57 Å². The van der Waals surface area contributed by atoms with E-state index in [-0.39, 0.29) is 25.0 Å². The molecule has 1 aliphatic rings. The largest absolute Gasteiger partial charge is 0.511 e. The average Bonchev–Trinajstić information content (AvgIpc) is 2.87. The van der Waals surface area contributed by atoms with Crippen LogP contribution >= 0.6 is 0 Å². The van der Waals surface area contributed by atoms with Gasteiger partial charge in [0.2, 0.25) is 6.79 Å². The number of carboxylic acid groups (broad SMARTS) is 1. The number of allylic oxidation sites excluding steroid dienone is 4. The van der Waals surface area contributed by atoms with Crippen LogP contribution < -0.4 is 5.32 Å². The summed E-state index contributed by atoms with van der Waals surface area (Å²) < 4.78 is 15.0. The van der Waals surface area contributed by atoms with Gasteiger partial charge >= 0.3 is 18.1 Å². The summed E-state index contributed by atoms with van der Waals surface area (Å²) in [4.78, 5) is 34.8. The van der Waals surface area contributed by atoms with Gasteiger partial charge in [-0.15, -0.1) is 0 Å². The van der Waals surface area contributed by atoms with Crippen LogP contribution in [0.25, 0.3) is 5.57 Å². The molecule has 0 bridgehead atoms. The number of rotatable bonds is 16. The summed E-state index contributed by atoms with van der Waals surface area (Å²) in [7, 11) is 0. The van der Waals surface area contributed by atoms with Gasteiger partial charge in [0, 0.05) is 19.0 Å². The van der Waals surface area contributed by atoms with E-state index in [1.54, 1.807) is 0 Å². The third kappa shape index (κ3) is 11.5. The van der Waals surface area contributed by atoms with Gasteiger partial charge in [0.25, 0.3) is 0 Å². The third-order valence-electron chi connectivity index (χ3n) is 5.96. The summed E-state index contributed by atoms with van der Waals surface area (Å²) >= 11 is 0. The number of carbonyl (C=O) groups excluding carboxylic acids is 2. The zero-order chi connectivity index (χ0) is 26.2. The predicted molar refractivity (Wildman–Crippen MR) is 137 cm³/mol. The van der Waals surface area contributed by atoms with Crippen molar-refractivity contribution in [2.24, 2.45) is 0 Å². The highest BCUT2D eigenvalue weighted by molar-refractivity contribution is 5.74. The SMILES string of the molecule is CCCC(CC)OC(=O)OCOC(=O)CCC(Cc1ccc(C2=CCCC=C2)cc1)NCCC(=O)O. The summed E-state index contributed by atoms with van der Waals surface area (Å²) in [6.45, 7) is 3.73. The van der Waals surface area contributed by atoms with Crippen molar-refractivity contribution in [2.45, 2.75) is 83.8 Å². The second-order valence-corrected chi connectivity index (χ2v) is 8.84. The van der Waals surface area contributed by atoms with E-state index in [4.69, 9.17) is 19.3 Å². The molecule has 36 heavy (non-hydrogen) atoms. The summed E-state index contributed by atoms with van der Waals surface area (Å²) in [6, 6.07) is 8.18. The van der Waals surface area contributed by atoms with Crippen molar-refractivity contribution in [3.63, 3.8) is 0 Å². The Hall–Kier alpha value is -3.13. The van der Waals surface area contributed by atoms with Gasteiger partial charge in [-0.25, -0.2) is 4.79 Å². The van der Waals surface area contributed by atoms with E-state index in [9.17, 15) is 14.4 Å². The van der Waals surface area contributed by atoms with E-state index >= 15 is 0 Å². The van der Waals surface area contributed by atoms with Gasteiger partial charge in [-0.1, -0.05) is 62.8 Å². The molecule has 8 nitrogen and oxygen atoms in total. The fourth-order valence-electron chi connectivity index (χ4n) is 3.95. The van der Waals surface area contributed by atoms with Gasteiger partial charge < -0.3 is 24.6 Å². The van der Waals surface area contributed by atoms with Crippen LogP contribution in [0.1, 0.15) is 76.3 Å². The quantitative estimate of drug-likeness (QED) is 0.229. The first-order chi connectivity index (χ1) is 17.4. The van der Waals surface area contributed by atoms with Crippen LogP contribution in [0, 0.1) is 0 Å². The molecule has 1 aromatic rings. The molecule has 0 aromatic heterocycles. The van der Waals surface area contributed by atoms with Gasteiger partial charge in [0.15, 0.2) is 0 Å². The van der Waals surface area contributed by atoms with E-state index in [0.717, 1.165) is 36.8 Å². The maximum Gasteiger partial charge on any atom is 0.511 e. The van der Waals surface area contributed by atoms with E-state index in [1.807, 2.05) is 13.8 Å². The summed E-state index contributed by atoms with van der Waals surface area (Å²) in [5.74, 6) is -1.38. The zero-order valence-corrected chi connectivity index (χ0v) is 21.4. The summed E-state index contributed by atoms with van der Waals surface area (Å²) in [5.41, 5.74) is 3.46. The molecule has 0 heterocycles. The highest BCUT2D eigenvalue weighted by Gasteiger charge is 2.16. The smallest absolute Gasteiger partial charge is 0.481 e. The van der Waals surface area contributed by atoms with Crippen LogP contribution in [0.3, 0.4) is 0 Å². The summed E-state index contributed by atoms with van der Waals surface area (Å²) in [6.07, 6.45) is 11.1. The number of hydrogen-bond acceptors (Lipinski definition) is 7. The van der Waals surface area contributed by atoms with Crippen LogP contribution in [-0.4, -0.2) is 48.7 Å².